The van der Waals surface area contributed by atoms with E-state index in [1.54, 1.807) is 14.2 Å². The van der Waals surface area contributed by atoms with Gasteiger partial charge in [0.2, 0.25) is 0 Å². The van der Waals surface area contributed by atoms with E-state index in [0.717, 1.165) is 23.5 Å². The molecule has 2 N–H and O–H groups in total. The summed E-state index contributed by atoms with van der Waals surface area (Å²) in [7, 11) is 3.32. The second-order valence-corrected chi connectivity index (χ2v) is 7.75. The minimum Gasteiger partial charge on any atom is -0.493 e. The van der Waals surface area contributed by atoms with Crippen molar-refractivity contribution in [2.75, 3.05) is 14.2 Å². The molecule has 0 saturated carbocycles. The Morgan fingerprint density at radius 1 is 0.704 bits per heavy atom. The number of nitrogens with two attached hydrogens (primary N) is 1. The average molecular weight is 378 g/mol. The summed E-state index contributed by atoms with van der Waals surface area (Å²) in [5, 5.41) is 0. The molecule has 1 rings (SSSR count). The van der Waals surface area contributed by atoms with Crippen LogP contribution in [0.1, 0.15) is 108 Å². The number of methoxy groups -OCH3 is 2. The van der Waals surface area contributed by atoms with Crippen LogP contribution in [0, 0.1) is 0 Å². The van der Waals surface area contributed by atoms with Crippen molar-refractivity contribution >= 4 is 0 Å². The van der Waals surface area contributed by atoms with E-state index in [-0.39, 0.29) is 6.04 Å². The predicted molar refractivity (Wildman–Crippen MR) is 117 cm³/mol. The quantitative estimate of drug-likeness (QED) is 0.292. The monoisotopic (exact) mass is 377 g/mol. The fourth-order valence-corrected chi connectivity index (χ4v) is 3.63. The highest BCUT2D eigenvalue weighted by molar-refractivity contribution is 5.43. The maximum absolute atomic E-state index is 6.35. The van der Waals surface area contributed by atoms with Gasteiger partial charge in [-0.3, -0.25) is 0 Å². The first-order valence-electron chi connectivity index (χ1n) is 11.2. The van der Waals surface area contributed by atoms with E-state index in [4.69, 9.17) is 15.2 Å². The van der Waals surface area contributed by atoms with Gasteiger partial charge in [-0.15, -0.1) is 0 Å². The summed E-state index contributed by atoms with van der Waals surface area (Å²) in [6.45, 7) is 2.28. The lowest BCUT2D eigenvalue weighted by molar-refractivity contribution is 0.354. The first-order chi connectivity index (χ1) is 13.2. The Kier molecular flexibility index (Phi) is 13.9. The van der Waals surface area contributed by atoms with Crippen LogP contribution in [0.25, 0.3) is 0 Å². The number of ether oxygens (including phenoxy) is 2. The summed E-state index contributed by atoms with van der Waals surface area (Å²) in [4.78, 5) is 0. The van der Waals surface area contributed by atoms with Crippen LogP contribution in [-0.2, 0) is 0 Å². The van der Waals surface area contributed by atoms with Crippen molar-refractivity contribution in [1.29, 1.82) is 0 Å². The second kappa shape index (κ2) is 15.8. The van der Waals surface area contributed by atoms with Crippen LogP contribution in [-0.4, -0.2) is 14.2 Å². The molecule has 0 bridgehead atoms. The number of hydrogen-bond donors (Lipinski definition) is 1. The van der Waals surface area contributed by atoms with Crippen LogP contribution in [0.3, 0.4) is 0 Å². The highest BCUT2D eigenvalue weighted by Gasteiger charge is 2.10. The van der Waals surface area contributed by atoms with Crippen LogP contribution >= 0.6 is 0 Å². The lowest BCUT2D eigenvalue weighted by Gasteiger charge is -2.15. The first kappa shape index (κ1) is 23.8. The summed E-state index contributed by atoms with van der Waals surface area (Å²) < 4.78 is 10.7. The number of rotatable bonds is 17. The molecule has 1 aromatic carbocycles. The van der Waals surface area contributed by atoms with Gasteiger partial charge in [-0.05, 0) is 24.1 Å². The highest BCUT2D eigenvalue weighted by Crippen LogP contribution is 2.30. The largest absolute Gasteiger partial charge is 0.493 e. The summed E-state index contributed by atoms with van der Waals surface area (Å²) in [6, 6.07) is 6.08. The van der Waals surface area contributed by atoms with Crippen molar-refractivity contribution in [1.82, 2.24) is 0 Å². The molecular formula is C24H43NO2. The fourth-order valence-electron chi connectivity index (χ4n) is 3.63. The molecular weight excluding hydrogens is 334 g/mol. The number of unbranched alkanes of at least 4 members (excludes halogenated alkanes) is 12. The van der Waals surface area contributed by atoms with Crippen molar-refractivity contribution in [3.8, 4) is 11.5 Å². The molecule has 0 heterocycles. The summed E-state index contributed by atoms with van der Waals surface area (Å²) >= 11 is 0. The van der Waals surface area contributed by atoms with E-state index in [2.05, 4.69) is 6.92 Å². The van der Waals surface area contributed by atoms with Crippen molar-refractivity contribution in [3.05, 3.63) is 23.8 Å². The van der Waals surface area contributed by atoms with Gasteiger partial charge in [0.15, 0.2) is 11.5 Å². The van der Waals surface area contributed by atoms with E-state index in [0.29, 0.717) is 0 Å². The van der Waals surface area contributed by atoms with Gasteiger partial charge in [0.25, 0.3) is 0 Å². The van der Waals surface area contributed by atoms with Crippen LogP contribution in [0.15, 0.2) is 18.2 Å². The minimum atomic E-state index is 0.0810. The molecule has 27 heavy (non-hydrogen) atoms. The maximum Gasteiger partial charge on any atom is 0.161 e. The van der Waals surface area contributed by atoms with Gasteiger partial charge >= 0.3 is 0 Å². The van der Waals surface area contributed by atoms with E-state index in [1.165, 1.54) is 83.5 Å². The molecule has 3 heteroatoms. The topological polar surface area (TPSA) is 44.5 Å². The molecule has 0 aliphatic rings. The van der Waals surface area contributed by atoms with Crippen LogP contribution in [0.4, 0.5) is 0 Å². The van der Waals surface area contributed by atoms with Crippen molar-refractivity contribution in [3.63, 3.8) is 0 Å². The van der Waals surface area contributed by atoms with E-state index < -0.39 is 0 Å². The van der Waals surface area contributed by atoms with E-state index >= 15 is 0 Å². The predicted octanol–water partition coefficient (Wildman–Crippen LogP) is 7.18. The molecule has 0 aliphatic carbocycles. The van der Waals surface area contributed by atoms with Crippen LogP contribution in [0.2, 0.25) is 0 Å². The molecule has 0 fully saturated rings. The molecule has 1 atom stereocenters. The zero-order valence-corrected chi connectivity index (χ0v) is 18.1. The van der Waals surface area contributed by atoms with Crippen LogP contribution in [0.5, 0.6) is 11.5 Å². The SMILES string of the molecule is CCCCCCCCCCCCCCCC(N)c1ccc(OC)c(OC)c1. The summed E-state index contributed by atoms with van der Waals surface area (Å²) in [5.74, 6) is 1.52. The third-order valence-electron chi connectivity index (χ3n) is 5.45. The highest BCUT2D eigenvalue weighted by atomic mass is 16.5. The van der Waals surface area contributed by atoms with Gasteiger partial charge in [0.05, 0.1) is 14.2 Å². The first-order valence-corrected chi connectivity index (χ1v) is 11.2. The molecule has 0 amide bonds. The standard InChI is InChI=1S/C24H43NO2/c1-4-5-6-7-8-9-10-11-12-13-14-15-16-17-22(25)21-18-19-23(26-2)24(20-21)27-3/h18-20,22H,4-17,25H2,1-3H3. The second-order valence-electron chi connectivity index (χ2n) is 7.75. The molecule has 1 aromatic rings. The summed E-state index contributed by atoms with van der Waals surface area (Å²) in [6.07, 6.45) is 19.0. The number of benzene rings is 1. The molecule has 156 valence electrons. The zero-order valence-electron chi connectivity index (χ0n) is 18.1. The molecule has 0 radical (unpaired) electrons. The fraction of sp³-hybridized carbons (Fsp3) is 0.750. The molecule has 1 unspecified atom stereocenters. The Labute approximate surface area is 168 Å². The lowest BCUT2D eigenvalue weighted by atomic mass is 9.99. The lowest BCUT2D eigenvalue weighted by Crippen LogP contribution is -2.10. The Morgan fingerprint density at radius 2 is 1.19 bits per heavy atom. The van der Waals surface area contributed by atoms with Gasteiger partial charge < -0.3 is 15.2 Å². The van der Waals surface area contributed by atoms with Gasteiger partial charge in [0.1, 0.15) is 0 Å². The van der Waals surface area contributed by atoms with Crippen molar-refractivity contribution in [2.45, 2.75) is 103 Å². The zero-order chi connectivity index (χ0) is 19.7. The average Bonchev–Trinajstić information content (AvgIpc) is 2.70. The molecule has 0 aromatic heterocycles. The van der Waals surface area contributed by atoms with Crippen molar-refractivity contribution < 1.29 is 9.47 Å². The van der Waals surface area contributed by atoms with Crippen LogP contribution < -0.4 is 15.2 Å². The van der Waals surface area contributed by atoms with Gasteiger partial charge in [0, 0.05) is 6.04 Å². The third kappa shape index (κ3) is 10.6. The maximum atomic E-state index is 6.35. The van der Waals surface area contributed by atoms with Gasteiger partial charge in [-0.25, -0.2) is 0 Å². The Hall–Kier alpha value is -1.22. The summed E-state index contributed by atoms with van der Waals surface area (Å²) in [5.41, 5.74) is 7.48. The minimum absolute atomic E-state index is 0.0810. The number of hydrogen-bond acceptors (Lipinski definition) is 3. The normalized spacial score (nSPS) is 12.1. The molecule has 0 saturated heterocycles. The van der Waals surface area contributed by atoms with Gasteiger partial charge in [-0.2, -0.15) is 0 Å². The Balaban J connectivity index is 2.02. The van der Waals surface area contributed by atoms with E-state index in [9.17, 15) is 0 Å². The van der Waals surface area contributed by atoms with Gasteiger partial charge in [-0.1, -0.05) is 96.5 Å². The Morgan fingerprint density at radius 3 is 1.67 bits per heavy atom. The van der Waals surface area contributed by atoms with E-state index in [1.807, 2.05) is 18.2 Å². The molecule has 0 spiro atoms. The third-order valence-corrected chi connectivity index (χ3v) is 5.45. The molecule has 3 nitrogen and oxygen atoms in total. The smallest absolute Gasteiger partial charge is 0.161 e. The molecule has 0 aliphatic heterocycles. The Bertz CT molecular complexity index is 475. The van der Waals surface area contributed by atoms with Crippen molar-refractivity contribution in [2.24, 2.45) is 5.73 Å².